The molecule has 0 fully saturated rings. The topological polar surface area (TPSA) is 46.2 Å². The Labute approximate surface area is 158 Å². The van der Waals surface area contributed by atoms with Crippen LogP contribution in [0.3, 0.4) is 0 Å². The highest BCUT2D eigenvalue weighted by Crippen LogP contribution is 2.40. The van der Waals surface area contributed by atoms with Gasteiger partial charge in [-0.05, 0) is 39.5 Å². The van der Waals surface area contributed by atoms with E-state index in [0.717, 1.165) is 6.07 Å². The quantitative estimate of drug-likeness (QED) is 0.477. The predicted molar refractivity (Wildman–Crippen MR) is 97.5 cm³/mol. The fourth-order valence-corrected chi connectivity index (χ4v) is 5.52. The van der Waals surface area contributed by atoms with E-state index in [2.05, 4.69) is 20.7 Å². The molecule has 0 atom stereocenters. The number of hydrogen-bond acceptors (Lipinski definition) is 4. The molecule has 0 aliphatic rings. The SMILES string of the molecule is O=S(=O)(Nc1cscc1-c1sccc1Cl)c1cc(F)c(Br)cc1F. The number of anilines is 1. The molecule has 3 nitrogen and oxygen atoms in total. The Bertz CT molecular complexity index is 1020. The van der Waals surface area contributed by atoms with Crippen LogP contribution in [-0.4, -0.2) is 8.42 Å². The molecule has 0 bridgehead atoms. The first kappa shape index (κ1) is 17.8. The van der Waals surface area contributed by atoms with Crippen LogP contribution in [0, 0.1) is 11.6 Å². The maximum atomic E-state index is 14.0. The number of halogens is 4. The zero-order valence-electron chi connectivity index (χ0n) is 11.5. The minimum absolute atomic E-state index is 0.152. The fraction of sp³-hybridized carbons (Fsp3) is 0. The monoisotopic (exact) mass is 469 g/mol. The van der Waals surface area contributed by atoms with E-state index in [1.807, 2.05) is 0 Å². The molecule has 3 rings (SSSR count). The van der Waals surface area contributed by atoms with Crippen LogP contribution < -0.4 is 4.72 Å². The van der Waals surface area contributed by atoms with Crippen molar-refractivity contribution < 1.29 is 17.2 Å². The van der Waals surface area contributed by atoms with E-state index in [1.54, 1.807) is 22.2 Å². The molecule has 24 heavy (non-hydrogen) atoms. The number of nitrogens with one attached hydrogen (secondary N) is 1. The molecule has 1 N–H and O–H groups in total. The Morgan fingerprint density at radius 3 is 2.58 bits per heavy atom. The summed E-state index contributed by atoms with van der Waals surface area (Å²) in [5.74, 6) is -1.93. The van der Waals surface area contributed by atoms with Gasteiger partial charge in [-0.15, -0.1) is 22.7 Å². The van der Waals surface area contributed by atoms with Gasteiger partial charge in [0.15, 0.2) is 0 Å². The molecule has 3 aromatic rings. The van der Waals surface area contributed by atoms with E-state index in [9.17, 15) is 17.2 Å². The summed E-state index contributed by atoms with van der Waals surface area (Å²) >= 11 is 11.5. The molecular formula is C14H7BrClF2NO2S3. The highest BCUT2D eigenvalue weighted by molar-refractivity contribution is 9.10. The van der Waals surface area contributed by atoms with Gasteiger partial charge in [-0.3, -0.25) is 4.72 Å². The second kappa shape index (κ2) is 6.72. The lowest BCUT2D eigenvalue weighted by atomic mass is 10.2. The summed E-state index contributed by atoms with van der Waals surface area (Å²) in [6.45, 7) is 0. The average Bonchev–Trinajstić information content (AvgIpc) is 3.10. The van der Waals surface area contributed by atoms with Crippen molar-refractivity contribution in [1.29, 1.82) is 0 Å². The van der Waals surface area contributed by atoms with Crippen molar-refractivity contribution in [1.82, 2.24) is 0 Å². The first-order valence-corrected chi connectivity index (χ1v) is 10.7. The number of hydrogen-bond donors (Lipinski definition) is 1. The van der Waals surface area contributed by atoms with Crippen LogP contribution in [0.15, 0.2) is 43.7 Å². The smallest absolute Gasteiger partial charge is 0.264 e. The summed E-state index contributed by atoms with van der Waals surface area (Å²) in [5, 5.41) is 5.56. The molecule has 0 aliphatic carbocycles. The van der Waals surface area contributed by atoms with Crippen LogP contribution in [-0.2, 0) is 10.0 Å². The lowest BCUT2D eigenvalue weighted by Crippen LogP contribution is -2.15. The Kier molecular flexibility index (Phi) is 4.99. The Morgan fingerprint density at radius 2 is 1.92 bits per heavy atom. The Morgan fingerprint density at radius 1 is 1.17 bits per heavy atom. The number of rotatable bonds is 4. The third-order valence-electron chi connectivity index (χ3n) is 3.03. The molecule has 1 aromatic carbocycles. The van der Waals surface area contributed by atoms with Gasteiger partial charge in [0.2, 0.25) is 0 Å². The van der Waals surface area contributed by atoms with Crippen molar-refractivity contribution in [3.05, 3.63) is 55.5 Å². The van der Waals surface area contributed by atoms with Gasteiger partial charge in [-0.1, -0.05) is 11.6 Å². The Balaban J connectivity index is 2.02. The number of sulfonamides is 1. The van der Waals surface area contributed by atoms with Gasteiger partial charge < -0.3 is 0 Å². The molecule has 0 spiro atoms. The third-order valence-corrected chi connectivity index (χ3v) is 7.14. The van der Waals surface area contributed by atoms with Crippen LogP contribution in [0.4, 0.5) is 14.5 Å². The van der Waals surface area contributed by atoms with E-state index in [-0.39, 0.29) is 10.2 Å². The second-order valence-corrected chi connectivity index (χ2v) is 9.17. The molecule has 0 amide bonds. The van der Waals surface area contributed by atoms with E-state index in [4.69, 9.17) is 11.6 Å². The van der Waals surface area contributed by atoms with Gasteiger partial charge in [0, 0.05) is 16.3 Å². The van der Waals surface area contributed by atoms with Gasteiger partial charge in [0.05, 0.1) is 20.1 Å². The molecule has 0 radical (unpaired) electrons. The standard InChI is InChI=1S/C14H7BrClF2NO2S3/c15-8-3-11(18)13(4-10(8)17)24(20,21)19-12-6-22-5-7(12)14-9(16)1-2-23-14/h1-6,19H. The summed E-state index contributed by atoms with van der Waals surface area (Å²) in [7, 11) is -4.30. The van der Waals surface area contributed by atoms with Crippen molar-refractivity contribution in [2.75, 3.05) is 4.72 Å². The largest absolute Gasteiger partial charge is 0.278 e. The Hall–Kier alpha value is -1.00. The van der Waals surface area contributed by atoms with E-state index >= 15 is 0 Å². The fourth-order valence-electron chi connectivity index (χ4n) is 1.95. The van der Waals surface area contributed by atoms with Crippen molar-refractivity contribution in [3.8, 4) is 10.4 Å². The minimum Gasteiger partial charge on any atom is -0.278 e. The first-order chi connectivity index (χ1) is 11.3. The summed E-state index contributed by atoms with van der Waals surface area (Å²) < 4.78 is 54.6. The third kappa shape index (κ3) is 3.36. The van der Waals surface area contributed by atoms with Gasteiger partial charge in [0.1, 0.15) is 16.5 Å². The van der Waals surface area contributed by atoms with Crippen molar-refractivity contribution in [2.45, 2.75) is 4.90 Å². The highest BCUT2D eigenvalue weighted by atomic mass is 79.9. The first-order valence-electron chi connectivity index (χ1n) is 6.26. The normalized spacial score (nSPS) is 11.7. The van der Waals surface area contributed by atoms with Crippen molar-refractivity contribution in [3.63, 3.8) is 0 Å². The maximum Gasteiger partial charge on any atom is 0.264 e. The zero-order chi connectivity index (χ0) is 17.5. The molecule has 0 saturated heterocycles. The lowest BCUT2D eigenvalue weighted by Gasteiger charge is -2.10. The molecule has 10 heteroatoms. The van der Waals surface area contributed by atoms with Crippen LogP contribution >= 0.6 is 50.2 Å². The minimum atomic E-state index is -4.30. The van der Waals surface area contributed by atoms with Crippen molar-refractivity contribution >= 4 is 65.9 Å². The second-order valence-electron chi connectivity index (χ2n) is 4.60. The molecule has 0 unspecified atom stereocenters. The predicted octanol–water partition coefficient (Wildman–Crippen LogP) is 5.97. The van der Waals surface area contributed by atoms with Crippen LogP contribution in [0.5, 0.6) is 0 Å². The van der Waals surface area contributed by atoms with Gasteiger partial charge >= 0.3 is 0 Å². The average molecular weight is 471 g/mol. The molecule has 0 saturated carbocycles. The van der Waals surface area contributed by atoms with E-state index in [0.29, 0.717) is 21.5 Å². The molecule has 2 aromatic heterocycles. The van der Waals surface area contributed by atoms with Gasteiger partial charge in [0.25, 0.3) is 10.0 Å². The van der Waals surface area contributed by atoms with E-state index in [1.165, 1.54) is 22.7 Å². The number of benzene rings is 1. The van der Waals surface area contributed by atoms with Crippen molar-refractivity contribution in [2.24, 2.45) is 0 Å². The van der Waals surface area contributed by atoms with Crippen LogP contribution in [0.25, 0.3) is 10.4 Å². The van der Waals surface area contributed by atoms with Gasteiger partial charge in [-0.2, -0.15) is 0 Å². The molecular weight excluding hydrogens is 464 g/mol. The maximum absolute atomic E-state index is 14.0. The highest BCUT2D eigenvalue weighted by Gasteiger charge is 2.24. The van der Waals surface area contributed by atoms with Crippen LogP contribution in [0.1, 0.15) is 0 Å². The molecule has 126 valence electrons. The number of thiophene rings is 2. The molecule has 0 aliphatic heterocycles. The summed E-state index contributed by atoms with van der Waals surface area (Å²) in [5.41, 5.74) is 0.841. The molecule has 2 heterocycles. The summed E-state index contributed by atoms with van der Waals surface area (Å²) in [6.07, 6.45) is 0. The lowest BCUT2D eigenvalue weighted by molar-refractivity contribution is 0.552. The van der Waals surface area contributed by atoms with E-state index < -0.39 is 26.6 Å². The summed E-state index contributed by atoms with van der Waals surface area (Å²) in [6, 6.07) is 3.10. The van der Waals surface area contributed by atoms with Gasteiger partial charge in [-0.25, -0.2) is 17.2 Å². The zero-order valence-corrected chi connectivity index (χ0v) is 16.3. The summed E-state index contributed by atoms with van der Waals surface area (Å²) in [4.78, 5) is -0.0734. The van der Waals surface area contributed by atoms with Crippen LogP contribution in [0.2, 0.25) is 5.02 Å².